The van der Waals surface area contributed by atoms with Gasteiger partial charge < -0.3 is 23.5 Å². The molecule has 152 valence electrons. The van der Waals surface area contributed by atoms with E-state index in [1.807, 2.05) is 30.3 Å². The van der Waals surface area contributed by atoms with E-state index in [1.165, 1.54) is 12.0 Å². The summed E-state index contributed by atoms with van der Waals surface area (Å²) in [5.41, 5.74) is 0. The number of carbonyl (C=O) groups is 1. The van der Waals surface area contributed by atoms with Crippen molar-refractivity contribution in [2.75, 3.05) is 19.0 Å². The highest BCUT2D eigenvalue weighted by Crippen LogP contribution is 2.34. The molecule has 0 aromatic heterocycles. The van der Waals surface area contributed by atoms with Gasteiger partial charge in [-0.2, -0.15) is 0 Å². The molecule has 1 heterocycles. The van der Waals surface area contributed by atoms with Crippen LogP contribution in [-0.2, 0) is 19.0 Å². The monoisotopic (exact) mass is 398 g/mol. The van der Waals surface area contributed by atoms with E-state index in [2.05, 4.69) is 0 Å². The molecule has 1 aliphatic rings. The summed E-state index contributed by atoms with van der Waals surface area (Å²) in [6.07, 6.45) is 1.54. The van der Waals surface area contributed by atoms with Gasteiger partial charge >= 0.3 is 5.97 Å². The molecule has 3 atom stereocenters. The van der Waals surface area contributed by atoms with Crippen LogP contribution in [0.2, 0.25) is 0 Å². The molecule has 2 unspecified atom stereocenters. The first-order valence-electron chi connectivity index (χ1n) is 9.39. The Kier molecular flexibility index (Phi) is 8.89. The minimum absolute atomic E-state index is 0.00546. The Morgan fingerprint density at radius 1 is 1.33 bits per heavy atom. The number of esters is 1. The number of hydrogen-bond acceptors (Lipinski definition) is 7. The van der Waals surface area contributed by atoms with E-state index in [0.29, 0.717) is 19.6 Å². The van der Waals surface area contributed by atoms with Crippen LogP contribution in [-0.4, -0.2) is 48.0 Å². The molecule has 1 aromatic carbocycles. The number of hydrogen-bond donors (Lipinski definition) is 1. The fourth-order valence-electron chi connectivity index (χ4n) is 2.97. The summed E-state index contributed by atoms with van der Waals surface area (Å²) in [5.74, 6) is 0.326. The van der Waals surface area contributed by atoms with Gasteiger partial charge in [0.15, 0.2) is 5.79 Å². The van der Waals surface area contributed by atoms with Crippen LogP contribution in [0.15, 0.2) is 30.3 Å². The van der Waals surface area contributed by atoms with Crippen molar-refractivity contribution in [1.82, 2.24) is 0 Å². The Labute approximate surface area is 165 Å². The fourth-order valence-corrected chi connectivity index (χ4v) is 3.81. The third-order valence-corrected chi connectivity index (χ3v) is 5.08. The molecule has 27 heavy (non-hydrogen) atoms. The zero-order valence-corrected chi connectivity index (χ0v) is 17.1. The first-order valence-corrected chi connectivity index (χ1v) is 10.3. The highest BCUT2D eigenvalue weighted by Gasteiger charge is 2.37. The maximum atomic E-state index is 11.9. The van der Waals surface area contributed by atoms with Gasteiger partial charge in [0.1, 0.15) is 5.75 Å². The largest absolute Gasteiger partial charge is 0.466 e. The third-order valence-electron chi connectivity index (χ3n) is 4.21. The van der Waals surface area contributed by atoms with E-state index in [-0.39, 0.29) is 30.5 Å². The van der Waals surface area contributed by atoms with Gasteiger partial charge in [0.2, 0.25) is 0 Å². The summed E-state index contributed by atoms with van der Waals surface area (Å²) in [6, 6.07) is 9.61. The van der Waals surface area contributed by atoms with Crippen molar-refractivity contribution in [3.05, 3.63) is 30.3 Å². The standard InChI is InChI=1S/C20H30O6S/c1-4-23-19(21)13-18-15(14-27-26-16-8-6-5-7-9-16)12-17(25-18)10-11-24-20(2,3)22/h5-9,15,17-18,22H,4,10-14H2,1-3H3/t15?,17-,18?/m1/s1. The molecule has 1 aliphatic heterocycles. The maximum absolute atomic E-state index is 11.9. The average Bonchev–Trinajstić information content (AvgIpc) is 2.96. The smallest absolute Gasteiger partial charge is 0.308 e. The summed E-state index contributed by atoms with van der Waals surface area (Å²) >= 11 is 1.37. The molecular weight excluding hydrogens is 368 g/mol. The molecule has 0 aliphatic carbocycles. The van der Waals surface area contributed by atoms with Crippen molar-refractivity contribution >= 4 is 18.0 Å². The fraction of sp³-hybridized carbons (Fsp3) is 0.650. The van der Waals surface area contributed by atoms with Gasteiger partial charge in [-0.05, 0) is 45.7 Å². The molecule has 1 fully saturated rings. The van der Waals surface area contributed by atoms with Crippen LogP contribution in [0.5, 0.6) is 5.75 Å². The Morgan fingerprint density at radius 2 is 2.07 bits per heavy atom. The van der Waals surface area contributed by atoms with Crippen LogP contribution in [0, 0.1) is 5.92 Å². The van der Waals surface area contributed by atoms with Crippen LogP contribution < -0.4 is 4.18 Å². The second-order valence-corrected chi connectivity index (χ2v) is 7.80. The van der Waals surface area contributed by atoms with Gasteiger partial charge in [0.05, 0.1) is 43.9 Å². The molecule has 1 saturated heterocycles. The van der Waals surface area contributed by atoms with Gasteiger partial charge in [0.25, 0.3) is 0 Å². The van der Waals surface area contributed by atoms with Crippen molar-refractivity contribution < 1.29 is 28.3 Å². The topological polar surface area (TPSA) is 74.2 Å². The van der Waals surface area contributed by atoms with E-state index >= 15 is 0 Å². The number of aliphatic hydroxyl groups is 1. The molecular formula is C20H30O6S. The number of carbonyl (C=O) groups excluding carboxylic acids is 1. The SMILES string of the molecule is CCOC(=O)CC1O[C@H](CCOC(C)(C)O)CC1CSOc1ccccc1. The molecule has 6 nitrogen and oxygen atoms in total. The van der Waals surface area contributed by atoms with Crippen molar-refractivity contribution in [2.24, 2.45) is 5.92 Å². The molecule has 0 saturated carbocycles. The minimum atomic E-state index is -1.15. The summed E-state index contributed by atoms with van der Waals surface area (Å²) in [7, 11) is 0. The average molecular weight is 399 g/mol. The zero-order valence-electron chi connectivity index (χ0n) is 16.3. The summed E-state index contributed by atoms with van der Waals surface area (Å²) in [4.78, 5) is 11.9. The first kappa shape index (κ1) is 22.0. The van der Waals surface area contributed by atoms with Gasteiger partial charge in [-0.25, -0.2) is 0 Å². The molecule has 1 N–H and O–H groups in total. The number of rotatable bonds is 11. The van der Waals surface area contributed by atoms with Gasteiger partial charge in [-0.3, -0.25) is 4.79 Å². The van der Waals surface area contributed by atoms with Crippen molar-refractivity contribution in [2.45, 2.75) is 58.0 Å². The summed E-state index contributed by atoms with van der Waals surface area (Å²) in [5, 5.41) is 9.65. The van der Waals surface area contributed by atoms with E-state index in [1.54, 1.807) is 20.8 Å². The Bertz CT molecular complexity index is 559. The molecule has 0 radical (unpaired) electrons. The predicted molar refractivity (Wildman–Crippen MR) is 104 cm³/mol. The molecule has 7 heteroatoms. The summed E-state index contributed by atoms with van der Waals surface area (Å²) in [6.45, 7) is 5.77. The molecule has 2 rings (SSSR count). The van der Waals surface area contributed by atoms with Crippen molar-refractivity contribution in [1.29, 1.82) is 0 Å². The van der Waals surface area contributed by atoms with E-state index in [9.17, 15) is 9.90 Å². The van der Waals surface area contributed by atoms with Crippen LogP contribution >= 0.6 is 12.0 Å². The predicted octanol–water partition coefficient (Wildman–Crippen LogP) is 3.58. The Morgan fingerprint density at radius 3 is 2.74 bits per heavy atom. The zero-order chi connectivity index (χ0) is 19.7. The van der Waals surface area contributed by atoms with Crippen LogP contribution in [0.4, 0.5) is 0 Å². The quantitative estimate of drug-likeness (QED) is 0.347. The number of ether oxygens (including phenoxy) is 3. The minimum Gasteiger partial charge on any atom is -0.466 e. The van der Waals surface area contributed by atoms with E-state index < -0.39 is 5.79 Å². The molecule has 0 bridgehead atoms. The lowest BCUT2D eigenvalue weighted by Gasteiger charge is -2.19. The van der Waals surface area contributed by atoms with Gasteiger partial charge in [-0.1, -0.05) is 18.2 Å². The molecule has 1 aromatic rings. The molecule has 0 amide bonds. The highest BCUT2D eigenvalue weighted by atomic mass is 32.2. The Balaban J connectivity index is 1.84. The second-order valence-electron chi connectivity index (χ2n) is 7.07. The Hall–Kier alpha value is -1.28. The van der Waals surface area contributed by atoms with Gasteiger partial charge in [-0.15, -0.1) is 0 Å². The lowest BCUT2D eigenvalue weighted by Crippen LogP contribution is -2.26. The van der Waals surface area contributed by atoms with E-state index in [4.69, 9.17) is 18.4 Å². The summed E-state index contributed by atoms with van der Waals surface area (Å²) < 4.78 is 22.2. The van der Waals surface area contributed by atoms with Crippen LogP contribution in [0.3, 0.4) is 0 Å². The van der Waals surface area contributed by atoms with Crippen molar-refractivity contribution in [3.63, 3.8) is 0 Å². The molecule has 0 spiro atoms. The normalized spacial score (nSPS) is 22.6. The highest BCUT2D eigenvalue weighted by molar-refractivity contribution is 7.95. The van der Waals surface area contributed by atoms with Crippen molar-refractivity contribution in [3.8, 4) is 5.75 Å². The lowest BCUT2D eigenvalue weighted by molar-refractivity contribution is -0.180. The first-order chi connectivity index (χ1) is 12.9. The van der Waals surface area contributed by atoms with Crippen LogP contribution in [0.1, 0.15) is 40.0 Å². The third kappa shape index (κ3) is 8.51. The maximum Gasteiger partial charge on any atom is 0.308 e. The number of benzene rings is 1. The van der Waals surface area contributed by atoms with Gasteiger partial charge in [0, 0.05) is 11.7 Å². The lowest BCUT2D eigenvalue weighted by atomic mass is 9.98. The second kappa shape index (κ2) is 10.9. The number of para-hydroxylation sites is 1. The van der Waals surface area contributed by atoms with Crippen LogP contribution in [0.25, 0.3) is 0 Å². The van der Waals surface area contributed by atoms with E-state index in [0.717, 1.165) is 17.9 Å².